The molecule has 0 aliphatic rings. The van der Waals surface area contributed by atoms with Crippen molar-refractivity contribution in [2.75, 3.05) is 24.4 Å². The van der Waals surface area contributed by atoms with Crippen molar-refractivity contribution in [2.45, 2.75) is 50.9 Å². The second kappa shape index (κ2) is 14.5. The minimum atomic E-state index is -1.48. The summed E-state index contributed by atoms with van der Waals surface area (Å²) in [5.74, 6) is -2.56. The predicted octanol–water partition coefficient (Wildman–Crippen LogP) is -1.43. The van der Waals surface area contributed by atoms with Crippen LogP contribution in [0.15, 0.2) is 0 Å². The number of thioether (sulfide) groups is 1. The number of carbonyl (C=O) groups is 4. The number of hydrogen-bond acceptors (Lipinski definition) is 8. The topological polar surface area (TPSA) is 171 Å². The zero-order chi connectivity index (χ0) is 22.6. The number of carboxylic acid groups (broad SMARTS) is 1. The first-order valence-electron chi connectivity index (χ1n) is 9.17. The molecular weight excluding hydrogens is 420 g/mol. The number of rotatable bonds is 14. The van der Waals surface area contributed by atoms with Crippen LogP contribution in [0.2, 0.25) is 0 Å². The van der Waals surface area contributed by atoms with Crippen molar-refractivity contribution in [1.29, 1.82) is 0 Å². The van der Waals surface area contributed by atoms with Crippen LogP contribution in [0.5, 0.6) is 0 Å². The Bertz CT molecular complexity index is 564. The lowest BCUT2D eigenvalue weighted by atomic mass is 10.0. The number of carbonyl (C=O) groups excluding carboxylic acids is 3. The molecule has 0 saturated carbocycles. The maximum Gasteiger partial charge on any atom is 0.328 e. The van der Waals surface area contributed by atoms with Gasteiger partial charge in [-0.3, -0.25) is 14.4 Å². The first-order chi connectivity index (χ1) is 13.6. The quantitative estimate of drug-likeness (QED) is 0.157. The molecule has 0 bridgehead atoms. The van der Waals surface area contributed by atoms with Gasteiger partial charge in [0.25, 0.3) is 0 Å². The molecule has 0 radical (unpaired) electrons. The average molecular weight is 453 g/mol. The zero-order valence-corrected chi connectivity index (χ0v) is 18.6. The number of hydrogen-bond donors (Lipinski definition) is 7. The molecule has 29 heavy (non-hydrogen) atoms. The molecule has 0 saturated heterocycles. The Kier molecular flexibility index (Phi) is 13.7. The molecule has 0 heterocycles. The van der Waals surface area contributed by atoms with E-state index in [2.05, 4.69) is 28.6 Å². The predicted molar refractivity (Wildman–Crippen MR) is 115 cm³/mol. The van der Waals surface area contributed by atoms with Gasteiger partial charge in [-0.2, -0.15) is 24.4 Å². The van der Waals surface area contributed by atoms with E-state index in [-0.39, 0.29) is 18.1 Å². The van der Waals surface area contributed by atoms with Crippen molar-refractivity contribution in [3.8, 4) is 0 Å². The molecule has 168 valence electrons. The van der Waals surface area contributed by atoms with Crippen LogP contribution in [0.3, 0.4) is 0 Å². The lowest BCUT2D eigenvalue weighted by Crippen LogP contribution is -2.58. The Balaban J connectivity index is 5.09. The summed E-state index contributed by atoms with van der Waals surface area (Å²) < 4.78 is 0. The maximum absolute atomic E-state index is 12.6. The normalized spacial score (nSPS) is 15.1. The molecule has 0 aliphatic heterocycles. The summed E-state index contributed by atoms with van der Waals surface area (Å²) in [6, 6.07) is -4.30. The first-order valence-corrected chi connectivity index (χ1v) is 11.2. The molecule has 12 heteroatoms. The minimum Gasteiger partial charge on any atom is -0.480 e. The van der Waals surface area contributed by atoms with Gasteiger partial charge in [0.1, 0.15) is 18.1 Å². The molecular formula is C17H32N4O6S2. The standard InChI is InChI=1S/C17H32N4O6S2/c1-9(2)6-10(18)14(23)21-13(8-28)16(25)19-11(4-5-29-3)15(24)20-12(7-22)17(26)27/h9-13,22,28H,4-8,18H2,1-3H3,(H,19,25)(H,20,24)(H,21,23)(H,26,27)/t10-,11-,12-,13-/m0/s1. The van der Waals surface area contributed by atoms with Gasteiger partial charge in [-0.15, -0.1) is 0 Å². The number of thiol groups is 1. The van der Waals surface area contributed by atoms with Gasteiger partial charge < -0.3 is 31.9 Å². The van der Waals surface area contributed by atoms with Gasteiger partial charge in [0.15, 0.2) is 0 Å². The van der Waals surface area contributed by atoms with Crippen molar-refractivity contribution in [3.63, 3.8) is 0 Å². The number of amides is 3. The third-order valence-corrected chi connectivity index (χ3v) is 4.93. The Morgan fingerprint density at radius 2 is 1.52 bits per heavy atom. The van der Waals surface area contributed by atoms with Crippen LogP contribution in [0, 0.1) is 5.92 Å². The summed E-state index contributed by atoms with van der Waals surface area (Å²) in [5.41, 5.74) is 5.82. The number of aliphatic carboxylic acids is 1. The van der Waals surface area contributed by atoms with Crippen LogP contribution >= 0.6 is 24.4 Å². The third kappa shape index (κ3) is 10.7. The van der Waals surface area contributed by atoms with Gasteiger partial charge in [-0.05, 0) is 30.8 Å². The van der Waals surface area contributed by atoms with E-state index in [0.717, 1.165) is 0 Å². The van der Waals surface area contributed by atoms with E-state index < -0.39 is 54.5 Å². The molecule has 0 unspecified atom stereocenters. The van der Waals surface area contributed by atoms with Crippen LogP contribution in [-0.4, -0.2) is 82.4 Å². The molecule has 0 aromatic heterocycles. The van der Waals surface area contributed by atoms with Crippen molar-refractivity contribution < 1.29 is 29.4 Å². The number of aliphatic hydroxyl groups is 1. The van der Waals surface area contributed by atoms with Crippen molar-refractivity contribution >= 4 is 48.1 Å². The fraction of sp³-hybridized carbons (Fsp3) is 0.765. The molecule has 0 spiro atoms. The van der Waals surface area contributed by atoms with Gasteiger partial charge in [-0.25, -0.2) is 4.79 Å². The third-order valence-electron chi connectivity index (χ3n) is 3.92. The van der Waals surface area contributed by atoms with Crippen LogP contribution in [0.25, 0.3) is 0 Å². The van der Waals surface area contributed by atoms with E-state index in [1.54, 1.807) is 0 Å². The molecule has 0 rings (SSSR count). The van der Waals surface area contributed by atoms with E-state index in [1.165, 1.54) is 11.8 Å². The first kappa shape index (κ1) is 27.5. The van der Waals surface area contributed by atoms with Crippen LogP contribution < -0.4 is 21.7 Å². The monoisotopic (exact) mass is 452 g/mol. The Labute approximate surface area is 180 Å². The van der Waals surface area contributed by atoms with E-state index in [1.807, 2.05) is 20.1 Å². The second-order valence-corrected chi connectivity index (χ2v) is 8.26. The highest BCUT2D eigenvalue weighted by Gasteiger charge is 2.29. The van der Waals surface area contributed by atoms with Gasteiger partial charge in [-0.1, -0.05) is 13.8 Å². The second-order valence-electron chi connectivity index (χ2n) is 6.90. The molecule has 0 fully saturated rings. The van der Waals surface area contributed by atoms with Crippen molar-refractivity contribution in [2.24, 2.45) is 11.7 Å². The Morgan fingerprint density at radius 3 is 1.97 bits per heavy atom. The highest BCUT2D eigenvalue weighted by molar-refractivity contribution is 7.98. The lowest BCUT2D eigenvalue weighted by Gasteiger charge is -2.24. The molecule has 4 atom stereocenters. The molecule has 0 aliphatic carbocycles. The molecule has 3 amide bonds. The fourth-order valence-corrected chi connectivity index (χ4v) is 3.05. The fourth-order valence-electron chi connectivity index (χ4n) is 2.32. The summed E-state index contributed by atoms with van der Waals surface area (Å²) >= 11 is 5.52. The summed E-state index contributed by atoms with van der Waals surface area (Å²) in [6.45, 7) is 3.05. The SMILES string of the molecule is CSCC[C@H](NC(=O)[C@H](CS)NC(=O)[C@@H](N)CC(C)C)C(=O)N[C@@H](CO)C(=O)O. The summed E-state index contributed by atoms with van der Waals surface area (Å²) in [6.07, 6.45) is 2.50. The largest absolute Gasteiger partial charge is 0.480 e. The van der Waals surface area contributed by atoms with E-state index in [9.17, 15) is 19.2 Å². The summed E-state index contributed by atoms with van der Waals surface area (Å²) in [7, 11) is 0. The maximum atomic E-state index is 12.6. The average Bonchev–Trinajstić information content (AvgIpc) is 2.65. The number of nitrogens with one attached hydrogen (secondary N) is 3. The number of carboxylic acids is 1. The van der Waals surface area contributed by atoms with E-state index >= 15 is 0 Å². The van der Waals surface area contributed by atoms with Crippen molar-refractivity contribution in [1.82, 2.24) is 16.0 Å². The van der Waals surface area contributed by atoms with Crippen LogP contribution in [-0.2, 0) is 19.2 Å². The summed E-state index contributed by atoms with van der Waals surface area (Å²) in [5, 5.41) is 25.2. The number of aliphatic hydroxyl groups excluding tert-OH is 1. The Morgan fingerprint density at radius 1 is 1.00 bits per heavy atom. The smallest absolute Gasteiger partial charge is 0.328 e. The zero-order valence-electron chi connectivity index (χ0n) is 16.9. The van der Waals surface area contributed by atoms with Gasteiger partial charge in [0, 0.05) is 5.75 Å². The number of nitrogens with two attached hydrogens (primary N) is 1. The highest BCUT2D eigenvalue weighted by atomic mass is 32.2. The van der Waals surface area contributed by atoms with Crippen LogP contribution in [0.1, 0.15) is 26.7 Å². The van der Waals surface area contributed by atoms with Crippen LogP contribution in [0.4, 0.5) is 0 Å². The Hall–Kier alpha value is -1.50. The molecule has 7 N–H and O–H groups in total. The molecule has 0 aromatic rings. The molecule has 0 aromatic carbocycles. The lowest BCUT2D eigenvalue weighted by molar-refractivity contribution is -0.143. The van der Waals surface area contributed by atoms with Gasteiger partial charge >= 0.3 is 5.97 Å². The van der Waals surface area contributed by atoms with E-state index in [4.69, 9.17) is 15.9 Å². The van der Waals surface area contributed by atoms with E-state index in [0.29, 0.717) is 12.2 Å². The molecule has 10 nitrogen and oxygen atoms in total. The van der Waals surface area contributed by atoms with Gasteiger partial charge in [0.05, 0.1) is 12.6 Å². The minimum absolute atomic E-state index is 0.0166. The van der Waals surface area contributed by atoms with Crippen molar-refractivity contribution in [3.05, 3.63) is 0 Å². The van der Waals surface area contributed by atoms with Gasteiger partial charge in [0.2, 0.25) is 17.7 Å². The highest BCUT2D eigenvalue weighted by Crippen LogP contribution is 2.05. The summed E-state index contributed by atoms with van der Waals surface area (Å²) in [4.78, 5) is 48.1.